The van der Waals surface area contributed by atoms with Crippen LogP contribution in [0.15, 0.2) is 54.9 Å². The molecule has 1 aliphatic heterocycles. The zero-order chi connectivity index (χ0) is 29.9. The van der Waals surface area contributed by atoms with Crippen molar-refractivity contribution in [1.29, 1.82) is 0 Å². The lowest BCUT2D eigenvalue weighted by molar-refractivity contribution is -0.137. The molecule has 3 aromatic heterocycles. The Balaban J connectivity index is 1.46. The number of nitrogens with two attached hydrogens (primary N) is 1. The lowest BCUT2D eigenvalue weighted by atomic mass is 10.0. The predicted molar refractivity (Wildman–Crippen MR) is 151 cm³/mol. The first-order valence-electron chi connectivity index (χ1n) is 13.2. The van der Waals surface area contributed by atoms with Gasteiger partial charge in [0.15, 0.2) is 0 Å². The highest BCUT2D eigenvalue weighted by Crippen LogP contribution is 2.34. The Morgan fingerprint density at radius 3 is 2.74 bits per heavy atom. The number of carbonyl (C=O) groups is 2. The van der Waals surface area contributed by atoms with Gasteiger partial charge >= 0.3 is 6.18 Å². The van der Waals surface area contributed by atoms with Gasteiger partial charge in [0.2, 0.25) is 5.91 Å². The van der Waals surface area contributed by atoms with Gasteiger partial charge in [-0.15, -0.1) is 0 Å². The van der Waals surface area contributed by atoms with Crippen LogP contribution in [0, 0.1) is 0 Å². The van der Waals surface area contributed by atoms with E-state index >= 15 is 0 Å². The Labute approximate surface area is 238 Å². The van der Waals surface area contributed by atoms with Gasteiger partial charge in [-0.25, -0.2) is 9.97 Å². The van der Waals surface area contributed by atoms with Crippen LogP contribution < -0.4 is 16.4 Å². The standard InChI is InChI=1S/C29H28F3N7O3/c1-17-10-12-39-26-20(4-2-3-13-42-16-23(40)36-17)15-35-27(33)24(26)25(38-39)18-5-7-19(8-6-18)28(41)37-22-14-21(9-11-34-22)29(30,31)32/h2,4-9,11,14-15,17H,3,10,12-13,16H2,1H3,(H2,33,35)(H,36,40)(H,34,37,41)/b4-2+/t17-/m1/s1. The minimum atomic E-state index is -4.56. The number of rotatable bonds is 3. The molecular formula is C29H28F3N7O3. The summed E-state index contributed by atoms with van der Waals surface area (Å²) in [6.07, 6.45) is 3.15. The number of pyridine rings is 2. The third kappa shape index (κ3) is 6.41. The van der Waals surface area contributed by atoms with E-state index in [9.17, 15) is 22.8 Å². The van der Waals surface area contributed by atoms with Crippen LogP contribution in [0.3, 0.4) is 0 Å². The number of halogens is 3. The Bertz CT molecular complexity index is 1650. The number of ether oxygens (including phenoxy) is 1. The number of aromatic nitrogens is 4. The Kier molecular flexibility index (Phi) is 8.20. The van der Waals surface area contributed by atoms with Crippen LogP contribution in [0.1, 0.15) is 41.3 Å². The van der Waals surface area contributed by atoms with Gasteiger partial charge < -0.3 is 21.1 Å². The van der Waals surface area contributed by atoms with Crippen LogP contribution in [0.4, 0.5) is 24.8 Å². The van der Waals surface area contributed by atoms with E-state index in [2.05, 4.69) is 20.6 Å². The molecule has 0 spiro atoms. The number of nitrogen functional groups attached to an aromatic ring is 1. The number of hydrogen-bond acceptors (Lipinski definition) is 7. The lowest BCUT2D eigenvalue weighted by Gasteiger charge is -2.15. The molecule has 1 aliphatic rings. The molecular weight excluding hydrogens is 551 g/mol. The van der Waals surface area contributed by atoms with E-state index in [0.717, 1.165) is 29.4 Å². The van der Waals surface area contributed by atoms with Crippen LogP contribution in [0.25, 0.3) is 28.2 Å². The van der Waals surface area contributed by atoms with Gasteiger partial charge in [0.05, 0.1) is 23.1 Å². The quantitative estimate of drug-likeness (QED) is 0.321. The van der Waals surface area contributed by atoms with E-state index in [4.69, 9.17) is 15.6 Å². The Morgan fingerprint density at radius 2 is 1.98 bits per heavy atom. The number of benzene rings is 1. The molecule has 0 unspecified atom stereocenters. The molecule has 0 saturated heterocycles. The van der Waals surface area contributed by atoms with Gasteiger partial charge in [-0.2, -0.15) is 18.3 Å². The molecule has 2 amide bonds. The van der Waals surface area contributed by atoms with E-state index in [-0.39, 0.29) is 35.8 Å². The molecule has 0 radical (unpaired) electrons. The van der Waals surface area contributed by atoms with Crippen LogP contribution in [-0.2, 0) is 22.3 Å². The van der Waals surface area contributed by atoms with Crippen molar-refractivity contribution in [3.63, 3.8) is 0 Å². The third-order valence-electron chi connectivity index (χ3n) is 6.71. The summed E-state index contributed by atoms with van der Waals surface area (Å²) >= 11 is 0. The fourth-order valence-electron chi connectivity index (χ4n) is 4.62. The van der Waals surface area contributed by atoms with Gasteiger partial charge in [0, 0.05) is 41.7 Å². The minimum Gasteiger partial charge on any atom is -0.383 e. The van der Waals surface area contributed by atoms with Gasteiger partial charge in [0.25, 0.3) is 5.91 Å². The van der Waals surface area contributed by atoms with E-state index < -0.39 is 17.6 Å². The molecule has 10 nitrogen and oxygen atoms in total. The average Bonchev–Trinajstić information content (AvgIpc) is 3.35. The van der Waals surface area contributed by atoms with Gasteiger partial charge in [-0.1, -0.05) is 24.3 Å². The number of anilines is 2. The van der Waals surface area contributed by atoms with E-state index in [1.165, 1.54) is 0 Å². The van der Waals surface area contributed by atoms with Gasteiger partial charge in [0.1, 0.15) is 23.9 Å². The summed E-state index contributed by atoms with van der Waals surface area (Å²) in [5, 5.41) is 10.8. The van der Waals surface area contributed by atoms with E-state index in [1.54, 1.807) is 30.5 Å². The highest BCUT2D eigenvalue weighted by molar-refractivity contribution is 6.06. The molecule has 5 rings (SSSR count). The maximum atomic E-state index is 13.0. The molecule has 1 aromatic carbocycles. The number of aryl methyl sites for hydroxylation is 1. The molecule has 13 heteroatoms. The fourth-order valence-corrected chi connectivity index (χ4v) is 4.62. The maximum absolute atomic E-state index is 13.0. The van der Waals surface area contributed by atoms with Gasteiger partial charge in [-0.3, -0.25) is 14.3 Å². The Hall–Kier alpha value is -4.78. The van der Waals surface area contributed by atoms with Crippen molar-refractivity contribution in [2.24, 2.45) is 0 Å². The second-order valence-electron chi connectivity index (χ2n) is 9.85. The number of alkyl halides is 3. The van der Waals surface area contributed by atoms with Crippen LogP contribution in [0.5, 0.6) is 0 Å². The molecule has 4 aromatic rings. The number of nitrogens with zero attached hydrogens (tertiary/aromatic N) is 4. The summed E-state index contributed by atoms with van der Waals surface area (Å²) in [6, 6.07) is 7.94. The van der Waals surface area contributed by atoms with Crippen molar-refractivity contribution in [2.45, 2.75) is 38.5 Å². The van der Waals surface area contributed by atoms with Crippen molar-refractivity contribution >= 4 is 40.4 Å². The zero-order valence-electron chi connectivity index (χ0n) is 22.6. The summed E-state index contributed by atoms with van der Waals surface area (Å²) < 4.78 is 46.4. The molecule has 4 N–H and O–H groups in total. The molecule has 0 fully saturated rings. The number of nitrogens with one attached hydrogen (secondary N) is 2. The molecule has 0 saturated carbocycles. The molecule has 1 atom stereocenters. The van der Waals surface area contributed by atoms with Crippen LogP contribution in [-0.4, -0.2) is 50.8 Å². The van der Waals surface area contributed by atoms with E-state index in [0.29, 0.717) is 42.6 Å². The van der Waals surface area contributed by atoms with Crippen molar-refractivity contribution < 1.29 is 27.5 Å². The second-order valence-corrected chi connectivity index (χ2v) is 9.85. The van der Waals surface area contributed by atoms with Crippen LogP contribution >= 0.6 is 0 Å². The van der Waals surface area contributed by atoms with Crippen molar-refractivity contribution in [2.75, 3.05) is 24.3 Å². The summed E-state index contributed by atoms with van der Waals surface area (Å²) in [6.45, 7) is 2.77. The molecule has 42 heavy (non-hydrogen) atoms. The number of amides is 2. The molecule has 0 bridgehead atoms. The Morgan fingerprint density at radius 1 is 1.19 bits per heavy atom. The SMILES string of the molecule is C[C@@H]1CCn2nc(-c3ccc(C(=O)Nc4cc(C(F)(F)F)ccn4)cc3)c3c(N)ncc(c32)/C=C/CCOCC(=O)N1. The smallest absolute Gasteiger partial charge is 0.383 e. The summed E-state index contributed by atoms with van der Waals surface area (Å²) in [7, 11) is 0. The van der Waals surface area contributed by atoms with Crippen molar-refractivity contribution in [3.05, 3.63) is 71.6 Å². The first-order valence-corrected chi connectivity index (χ1v) is 13.2. The monoisotopic (exact) mass is 579 g/mol. The highest BCUT2D eigenvalue weighted by atomic mass is 19.4. The molecule has 0 aliphatic carbocycles. The molecule has 218 valence electrons. The van der Waals surface area contributed by atoms with Crippen molar-refractivity contribution in [3.8, 4) is 11.3 Å². The fraction of sp³-hybridized carbons (Fsp3) is 0.276. The molecule has 4 heterocycles. The first-order chi connectivity index (χ1) is 20.1. The largest absolute Gasteiger partial charge is 0.416 e. The normalized spacial score (nSPS) is 17.3. The third-order valence-corrected chi connectivity index (χ3v) is 6.71. The summed E-state index contributed by atoms with van der Waals surface area (Å²) in [5.74, 6) is -0.728. The highest BCUT2D eigenvalue weighted by Gasteiger charge is 2.31. The maximum Gasteiger partial charge on any atom is 0.416 e. The zero-order valence-corrected chi connectivity index (χ0v) is 22.6. The number of carbonyl (C=O) groups excluding carboxylic acids is 2. The van der Waals surface area contributed by atoms with Gasteiger partial charge in [-0.05, 0) is 44.0 Å². The lowest BCUT2D eigenvalue weighted by Crippen LogP contribution is -2.36. The summed E-state index contributed by atoms with van der Waals surface area (Å²) in [5.41, 5.74) is 8.47. The predicted octanol–water partition coefficient (Wildman–Crippen LogP) is 4.67. The van der Waals surface area contributed by atoms with E-state index in [1.807, 2.05) is 23.8 Å². The van der Waals surface area contributed by atoms with Crippen LogP contribution in [0.2, 0.25) is 0 Å². The average molecular weight is 580 g/mol. The summed E-state index contributed by atoms with van der Waals surface area (Å²) in [4.78, 5) is 33.1. The van der Waals surface area contributed by atoms with Crippen molar-refractivity contribution in [1.82, 2.24) is 25.1 Å². The first kappa shape index (κ1) is 28.7. The second kappa shape index (κ2) is 12.0. The minimum absolute atomic E-state index is 0.00645. The topological polar surface area (TPSA) is 137 Å². The number of hydrogen-bond donors (Lipinski definition) is 3.